The normalized spacial score (nSPS) is 11.5. The largest absolute Gasteiger partial charge is 0.295 e. The summed E-state index contributed by atoms with van der Waals surface area (Å²) in [5.41, 5.74) is 1.69. The van der Waals surface area contributed by atoms with Crippen molar-refractivity contribution in [1.29, 1.82) is 0 Å². The van der Waals surface area contributed by atoms with E-state index in [1.165, 1.54) is 37.4 Å². The van der Waals surface area contributed by atoms with E-state index in [4.69, 9.17) is 0 Å². The molecule has 0 radical (unpaired) electrons. The SMILES string of the molecule is CC(=O)c1cccc(S(=O)(=O)c2ccc(CCC(=O)c3cnc4nccn4c3)cc2)c1. The second-order valence-corrected chi connectivity index (χ2v) is 9.08. The number of ketones is 2. The van der Waals surface area contributed by atoms with Gasteiger partial charge in [0.05, 0.1) is 15.4 Å². The van der Waals surface area contributed by atoms with Crippen LogP contribution in [0, 0.1) is 0 Å². The summed E-state index contributed by atoms with van der Waals surface area (Å²) >= 11 is 0. The quantitative estimate of drug-likeness (QED) is 0.413. The number of sulfone groups is 1. The van der Waals surface area contributed by atoms with Crippen LogP contribution in [-0.4, -0.2) is 34.4 Å². The Labute approximate surface area is 179 Å². The lowest BCUT2D eigenvalue weighted by molar-refractivity contribution is 0.0980. The summed E-state index contributed by atoms with van der Waals surface area (Å²) in [6, 6.07) is 12.4. The molecule has 4 aromatic rings. The molecule has 156 valence electrons. The summed E-state index contributed by atoms with van der Waals surface area (Å²) in [6.45, 7) is 1.39. The first-order chi connectivity index (χ1) is 14.8. The van der Waals surface area contributed by atoms with Crippen LogP contribution >= 0.6 is 0 Å². The number of imidazole rings is 1. The molecule has 0 fully saturated rings. The first-order valence-corrected chi connectivity index (χ1v) is 11.1. The van der Waals surface area contributed by atoms with Gasteiger partial charge in [-0.3, -0.25) is 14.0 Å². The van der Waals surface area contributed by atoms with Gasteiger partial charge in [0, 0.05) is 36.8 Å². The molecule has 0 bridgehead atoms. The molecule has 31 heavy (non-hydrogen) atoms. The number of hydrogen-bond donors (Lipinski definition) is 0. The molecule has 0 aliphatic heterocycles. The van der Waals surface area contributed by atoms with E-state index in [0.29, 0.717) is 23.3 Å². The zero-order chi connectivity index (χ0) is 22.0. The number of fused-ring (bicyclic) bond motifs is 1. The van der Waals surface area contributed by atoms with Crippen molar-refractivity contribution in [2.24, 2.45) is 0 Å². The number of nitrogens with zero attached hydrogens (tertiary/aromatic N) is 3. The smallest absolute Gasteiger partial charge is 0.233 e. The topological polar surface area (TPSA) is 98.5 Å². The van der Waals surface area contributed by atoms with Crippen molar-refractivity contribution < 1.29 is 18.0 Å². The van der Waals surface area contributed by atoms with Crippen LogP contribution in [0.5, 0.6) is 0 Å². The first-order valence-electron chi connectivity index (χ1n) is 9.61. The molecule has 2 aromatic carbocycles. The molecule has 0 N–H and O–H groups in total. The summed E-state index contributed by atoms with van der Waals surface area (Å²) in [5, 5.41) is 0. The van der Waals surface area contributed by atoms with Gasteiger partial charge < -0.3 is 0 Å². The van der Waals surface area contributed by atoms with Crippen molar-refractivity contribution in [3.05, 3.63) is 90.0 Å². The van der Waals surface area contributed by atoms with Crippen LogP contribution < -0.4 is 0 Å². The lowest BCUT2D eigenvalue weighted by atomic mass is 10.0. The Morgan fingerprint density at radius 1 is 0.968 bits per heavy atom. The van der Waals surface area contributed by atoms with Crippen LogP contribution in [0.25, 0.3) is 5.78 Å². The lowest BCUT2D eigenvalue weighted by Gasteiger charge is -2.07. The minimum absolute atomic E-state index is 0.0548. The van der Waals surface area contributed by atoms with Crippen LogP contribution in [0.3, 0.4) is 0 Å². The highest BCUT2D eigenvalue weighted by Crippen LogP contribution is 2.23. The van der Waals surface area contributed by atoms with E-state index in [1.54, 1.807) is 47.3 Å². The number of carbonyl (C=O) groups is 2. The fourth-order valence-electron chi connectivity index (χ4n) is 3.22. The van der Waals surface area contributed by atoms with Gasteiger partial charge in [-0.1, -0.05) is 24.3 Å². The molecule has 0 saturated heterocycles. The summed E-state index contributed by atoms with van der Waals surface area (Å²) in [7, 11) is -3.74. The van der Waals surface area contributed by atoms with E-state index in [2.05, 4.69) is 9.97 Å². The van der Waals surface area contributed by atoms with Crippen LogP contribution in [0.15, 0.2) is 83.1 Å². The van der Waals surface area contributed by atoms with Gasteiger partial charge in [0.15, 0.2) is 11.6 Å². The molecule has 0 amide bonds. The van der Waals surface area contributed by atoms with Crippen molar-refractivity contribution in [1.82, 2.24) is 14.4 Å². The van der Waals surface area contributed by atoms with Crippen molar-refractivity contribution >= 4 is 27.2 Å². The number of Topliss-reactive ketones (excluding diaryl/α,β-unsaturated/α-hetero) is 2. The second-order valence-electron chi connectivity index (χ2n) is 7.13. The van der Waals surface area contributed by atoms with Crippen molar-refractivity contribution in [3.63, 3.8) is 0 Å². The fraction of sp³-hybridized carbons (Fsp3) is 0.130. The van der Waals surface area contributed by atoms with E-state index in [0.717, 1.165) is 5.56 Å². The molecule has 4 rings (SSSR count). The highest BCUT2D eigenvalue weighted by molar-refractivity contribution is 7.91. The highest BCUT2D eigenvalue weighted by Gasteiger charge is 2.18. The second kappa shape index (κ2) is 8.23. The predicted molar refractivity (Wildman–Crippen MR) is 114 cm³/mol. The standard InChI is InChI=1S/C23H19N3O4S/c1-16(27)18-3-2-4-21(13-18)31(29,30)20-8-5-17(6-9-20)7-10-22(28)19-14-25-23-24-11-12-26(23)15-19/h2-6,8-9,11-15H,7,10H2,1H3. The molecule has 0 unspecified atom stereocenters. The number of aromatic nitrogens is 3. The van der Waals surface area contributed by atoms with Crippen LogP contribution in [0.1, 0.15) is 39.6 Å². The van der Waals surface area contributed by atoms with E-state index in [-0.39, 0.29) is 27.8 Å². The van der Waals surface area contributed by atoms with Crippen LogP contribution in [0.2, 0.25) is 0 Å². The molecule has 0 atom stereocenters. The Morgan fingerprint density at radius 3 is 2.48 bits per heavy atom. The predicted octanol–water partition coefficient (Wildman–Crippen LogP) is 3.58. The molecule has 2 heterocycles. The molecule has 8 heteroatoms. The number of carbonyl (C=O) groups excluding carboxylic acids is 2. The van der Waals surface area contributed by atoms with E-state index < -0.39 is 9.84 Å². The van der Waals surface area contributed by atoms with Crippen molar-refractivity contribution in [2.45, 2.75) is 29.6 Å². The van der Waals surface area contributed by atoms with E-state index in [1.807, 2.05) is 0 Å². The molecule has 0 saturated carbocycles. The van der Waals surface area contributed by atoms with Gasteiger partial charge in [-0.15, -0.1) is 0 Å². The van der Waals surface area contributed by atoms with Gasteiger partial charge in [-0.05, 0) is 43.2 Å². The average Bonchev–Trinajstić information content (AvgIpc) is 3.25. The molecule has 0 aliphatic carbocycles. The number of aryl methyl sites for hydroxylation is 1. The van der Waals surface area contributed by atoms with E-state index in [9.17, 15) is 18.0 Å². The Morgan fingerprint density at radius 2 is 1.74 bits per heavy atom. The van der Waals surface area contributed by atoms with Gasteiger partial charge in [-0.25, -0.2) is 18.4 Å². The van der Waals surface area contributed by atoms with Crippen molar-refractivity contribution in [3.8, 4) is 0 Å². The van der Waals surface area contributed by atoms with Gasteiger partial charge in [-0.2, -0.15) is 0 Å². The minimum atomic E-state index is -3.74. The Kier molecular flexibility index (Phi) is 5.48. The zero-order valence-electron chi connectivity index (χ0n) is 16.7. The maximum Gasteiger partial charge on any atom is 0.233 e. The average molecular weight is 433 g/mol. The Hall–Kier alpha value is -3.65. The van der Waals surface area contributed by atoms with Gasteiger partial charge in [0.1, 0.15) is 0 Å². The monoisotopic (exact) mass is 433 g/mol. The van der Waals surface area contributed by atoms with Gasteiger partial charge in [0.2, 0.25) is 15.6 Å². The lowest BCUT2D eigenvalue weighted by Crippen LogP contribution is -2.05. The van der Waals surface area contributed by atoms with Gasteiger partial charge >= 0.3 is 0 Å². The maximum absolute atomic E-state index is 12.9. The summed E-state index contributed by atoms with van der Waals surface area (Å²) in [5.74, 6) is 0.280. The highest BCUT2D eigenvalue weighted by atomic mass is 32.2. The molecular weight excluding hydrogens is 414 g/mol. The minimum Gasteiger partial charge on any atom is -0.295 e. The Balaban J connectivity index is 1.47. The fourth-order valence-corrected chi connectivity index (χ4v) is 4.52. The molecule has 7 nitrogen and oxygen atoms in total. The Bertz CT molecular complexity index is 1390. The third-order valence-electron chi connectivity index (χ3n) is 4.99. The summed E-state index contributed by atoms with van der Waals surface area (Å²) in [4.78, 5) is 32.4. The molecular formula is C23H19N3O4S. The number of rotatable bonds is 7. The molecule has 2 aromatic heterocycles. The summed E-state index contributed by atoms with van der Waals surface area (Å²) < 4.78 is 27.4. The number of hydrogen-bond acceptors (Lipinski definition) is 6. The van der Waals surface area contributed by atoms with Crippen LogP contribution in [-0.2, 0) is 16.3 Å². The number of benzene rings is 2. The van der Waals surface area contributed by atoms with Gasteiger partial charge in [0.25, 0.3) is 0 Å². The first kappa shape index (κ1) is 20.6. The third-order valence-corrected chi connectivity index (χ3v) is 6.76. The zero-order valence-corrected chi connectivity index (χ0v) is 17.5. The maximum atomic E-state index is 12.9. The molecule has 0 aliphatic rings. The summed E-state index contributed by atoms with van der Waals surface area (Å²) in [6.07, 6.45) is 7.29. The molecule has 0 spiro atoms. The van der Waals surface area contributed by atoms with Crippen molar-refractivity contribution in [2.75, 3.05) is 0 Å². The third kappa shape index (κ3) is 4.29. The van der Waals surface area contributed by atoms with Crippen LogP contribution in [0.4, 0.5) is 0 Å². The van der Waals surface area contributed by atoms with E-state index >= 15 is 0 Å².